The molecule has 0 radical (unpaired) electrons. The molecule has 4 fully saturated rings. The van der Waals surface area contributed by atoms with Crippen molar-refractivity contribution in [2.75, 3.05) is 72.2 Å². The number of piperazine rings is 1. The molecule has 4 aromatic heterocycles. The van der Waals surface area contributed by atoms with Gasteiger partial charge in [0.1, 0.15) is 48.0 Å². The second kappa shape index (κ2) is 25.2. The Morgan fingerprint density at radius 3 is 2.20 bits per heavy atom. The molecule has 2 N–H and O–H groups in total. The number of aliphatic hydroxyl groups is 1. The number of piperidine rings is 1. The summed E-state index contributed by atoms with van der Waals surface area (Å²) in [5, 5.41) is 20.9. The molecule has 2 unspecified atom stereocenters. The van der Waals surface area contributed by atoms with Gasteiger partial charge in [-0.2, -0.15) is 4.98 Å². The number of H-pyrrole nitrogens is 1. The average Bonchev–Trinajstić information content (AvgIpc) is 4.23. The van der Waals surface area contributed by atoms with Crippen molar-refractivity contribution in [3.63, 3.8) is 0 Å². The number of aliphatic hydroxyl groups excluding tert-OH is 1. The molecule has 0 saturated carbocycles. The maximum absolute atomic E-state index is 11.6. The molecular weight excluding hydrogens is 1140 g/mol. The van der Waals surface area contributed by atoms with Crippen molar-refractivity contribution >= 4 is 57.3 Å². The molecule has 12 rings (SSSR count). The van der Waals surface area contributed by atoms with Gasteiger partial charge in [-0.3, -0.25) is 19.3 Å². The van der Waals surface area contributed by atoms with Crippen molar-refractivity contribution in [1.29, 1.82) is 0 Å². The number of pyridine rings is 1. The van der Waals surface area contributed by atoms with E-state index in [2.05, 4.69) is 72.6 Å². The number of aryl methyl sites for hydroxylation is 2. The SMILES string of the molecule is CC(=O)N1CCC(CN2CCN(CCOc3ccc(-c4ccc(-c5nc6nc(OC7CO[C@@H]8C(O)CO[C@H]78)[nH]c6cc5Cl)cc4)cc3)CC2)CC1.Cc1sc2c(c1C)C(c1ccc(Cl)cc1)=NCc1nnc(C)n1-2.[CH3-].[Cs+]. The van der Waals surface area contributed by atoms with E-state index in [4.69, 9.17) is 52.1 Å². The third-order valence-electron chi connectivity index (χ3n) is 14.9. The van der Waals surface area contributed by atoms with Crippen LogP contribution in [0.1, 0.15) is 53.0 Å². The topological polar surface area (TPSA) is 169 Å². The molecule has 16 nitrogen and oxygen atoms in total. The Morgan fingerprint density at radius 1 is 0.829 bits per heavy atom. The van der Waals surface area contributed by atoms with Crippen LogP contribution in [0, 0.1) is 34.1 Å². The fraction of sp³-hybridized carbons (Fsp3) is 0.411. The van der Waals surface area contributed by atoms with Crippen LogP contribution in [0.2, 0.25) is 10.0 Å². The van der Waals surface area contributed by atoms with E-state index in [9.17, 15) is 9.90 Å². The molecule has 4 atom stereocenters. The standard InChI is InChI=1S/C38H45ClN6O6.C17H15ClN4S.CH3.Cs/c1-24(46)45-12-10-25(11-13-45)21-44-16-14-43(15-17-44)18-19-48-29-8-6-27(7-9-29)26-2-4-28(5-3-26)34-30(39)20-31-37(41-34)42-38(40-31)51-33-23-50-35-32(47)22-49-36(33)35;1-9-10(2)23-17-15(9)16(12-4-6-13(18)7-5-12)19-8-14-21-20-11(3)22(14)17;;/h2-9,20,25,32-33,35-36,47H,10-19,21-23H2,1H3,(H,40,41,42);4-7H,8H2,1-3H3;1H3;/q;;-1;+1/t32?,33?,35-,36-;;;/m1.../s1. The van der Waals surface area contributed by atoms with Gasteiger partial charge in [-0.15, -0.1) is 21.5 Å². The first-order chi connectivity index (χ1) is 35.9. The molecule has 20 heteroatoms. The molecule has 394 valence electrons. The third-order valence-corrected chi connectivity index (χ3v) is 16.6. The smallest absolute Gasteiger partial charge is 0.492 e. The van der Waals surface area contributed by atoms with Crippen LogP contribution in [-0.4, -0.2) is 158 Å². The van der Waals surface area contributed by atoms with Gasteiger partial charge in [0.05, 0.1) is 35.2 Å². The van der Waals surface area contributed by atoms with Gasteiger partial charge in [-0.25, -0.2) is 4.98 Å². The fourth-order valence-corrected chi connectivity index (χ4v) is 12.2. The van der Waals surface area contributed by atoms with Crippen LogP contribution in [0.15, 0.2) is 83.9 Å². The number of likely N-dealkylation sites (tertiary alicyclic amines) is 1. The minimum atomic E-state index is -0.642. The van der Waals surface area contributed by atoms with Crippen LogP contribution in [0.25, 0.3) is 38.5 Å². The number of halogens is 2. The molecule has 1 amide bonds. The first kappa shape index (κ1) is 57.0. The number of imidazole rings is 1. The van der Waals surface area contributed by atoms with Crippen molar-refractivity contribution in [2.24, 2.45) is 10.9 Å². The average molecular weight is 1210 g/mol. The fourth-order valence-electron chi connectivity index (χ4n) is 10.6. The number of benzene rings is 3. The number of aliphatic imine (C=N–C) groups is 1. The predicted molar refractivity (Wildman–Crippen MR) is 294 cm³/mol. The summed E-state index contributed by atoms with van der Waals surface area (Å²) >= 11 is 14.5. The minimum Gasteiger partial charge on any atom is -0.492 e. The summed E-state index contributed by atoms with van der Waals surface area (Å²) in [6.07, 6.45) is 0.514. The van der Waals surface area contributed by atoms with Gasteiger partial charge in [-0.1, -0.05) is 71.7 Å². The molecule has 5 aliphatic rings. The molecule has 5 aliphatic heterocycles. The van der Waals surface area contributed by atoms with Crippen LogP contribution < -0.4 is 78.4 Å². The second-order valence-electron chi connectivity index (χ2n) is 19.7. The van der Waals surface area contributed by atoms with Gasteiger partial charge < -0.3 is 46.3 Å². The Balaban J connectivity index is 0.000000236. The zero-order valence-electron chi connectivity index (χ0n) is 44.0. The van der Waals surface area contributed by atoms with Gasteiger partial charge >= 0.3 is 68.9 Å². The first-order valence-corrected chi connectivity index (χ1v) is 27.0. The zero-order valence-corrected chi connectivity index (χ0v) is 52.6. The Kier molecular flexibility index (Phi) is 18.9. The molecule has 7 aromatic rings. The molecule has 0 bridgehead atoms. The van der Waals surface area contributed by atoms with Gasteiger partial charge in [0.2, 0.25) is 5.91 Å². The number of carbonyl (C=O) groups is 1. The number of hydrogen-bond acceptors (Lipinski definition) is 14. The molecule has 0 spiro atoms. The number of amides is 1. The maximum Gasteiger partial charge on any atom is 1.00 e. The quantitative estimate of drug-likeness (QED) is 0.149. The Hall–Kier alpha value is -3.71. The number of aromatic nitrogens is 6. The Labute approximate surface area is 516 Å². The van der Waals surface area contributed by atoms with E-state index in [0.29, 0.717) is 53.6 Å². The van der Waals surface area contributed by atoms with E-state index in [-0.39, 0.29) is 107 Å². The molecule has 4 saturated heterocycles. The summed E-state index contributed by atoms with van der Waals surface area (Å²) in [4.78, 5) is 37.2. The summed E-state index contributed by atoms with van der Waals surface area (Å²) in [7, 11) is 0. The van der Waals surface area contributed by atoms with E-state index in [1.807, 2.05) is 60.4 Å². The van der Waals surface area contributed by atoms with Crippen LogP contribution in [0.3, 0.4) is 0 Å². The van der Waals surface area contributed by atoms with Crippen molar-refractivity contribution in [3.05, 3.63) is 130 Å². The van der Waals surface area contributed by atoms with E-state index in [0.717, 1.165) is 121 Å². The van der Waals surface area contributed by atoms with Gasteiger partial charge in [0.15, 0.2) is 17.6 Å². The molecule has 9 heterocycles. The van der Waals surface area contributed by atoms with Gasteiger partial charge in [0.25, 0.3) is 6.01 Å². The van der Waals surface area contributed by atoms with E-state index >= 15 is 0 Å². The van der Waals surface area contributed by atoms with Crippen molar-refractivity contribution in [2.45, 2.75) is 71.5 Å². The van der Waals surface area contributed by atoms with Crippen LogP contribution in [-0.2, 0) is 20.8 Å². The molecule has 0 aliphatic carbocycles. The van der Waals surface area contributed by atoms with Crippen LogP contribution in [0.4, 0.5) is 0 Å². The van der Waals surface area contributed by atoms with Gasteiger partial charge in [0, 0.05) is 85.9 Å². The largest absolute Gasteiger partial charge is 1.00 e. The number of rotatable bonds is 11. The number of ether oxygens (including phenoxy) is 4. The zero-order chi connectivity index (χ0) is 51.0. The number of thiophene rings is 1. The number of hydrogen-bond donors (Lipinski definition) is 2. The van der Waals surface area contributed by atoms with Crippen LogP contribution in [0.5, 0.6) is 11.8 Å². The normalized spacial score (nSPS) is 20.6. The third kappa shape index (κ3) is 12.5. The number of nitrogens with zero attached hydrogens (tertiary/aromatic N) is 9. The summed E-state index contributed by atoms with van der Waals surface area (Å²) < 4.78 is 25.6. The number of carbonyl (C=O) groups excluding carboxylic acids is 1. The Bertz CT molecular complexity index is 3150. The molecule has 3 aromatic carbocycles. The van der Waals surface area contributed by atoms with E-state index < -0.39 is 6.10 Å². The summed E-state index contributed by atoms with van der Waals surface area (Å²) in [5.74, 6) is 3.55. The number of fused-ring (bicyclic) bond motifs is 5. The van der Waals surface area contributed by atoms with Crippen molar-refractivity contribution in [1.82, 2.24) is 44.4 Å². The second-order valence-corrected chi connectivity index (χ2v) is 21.8. The first-order valence-electron chi connectivity index (χ1n) is 25.4. The Morgan fingerprint density at radius 2 is 1.49 bits per heavy atom. The van der Waals surface area contributed by atoms with Crippen molar-refractivity contribution in [3.8, 4) is 39.1 Å². The monoisotopic (exact) mass is 1210 g/mol. The summed E-state index contributed by atoms with van der Waals surface area (Å²) in [5.41, 5.74) is 9.37. The van der Waals surface area contributed by atoms with Gasteiger partial charge in [-0.05, 0) is 86.6 Å². The minimum absolute atomic E-state index is 0. The van der Waals surface area contributed by atoms with Crippen LogP contribution >= 0.6 is 34.5 Å². The van der Waals surface area contributed by atoms with E-state index in [1.165, 1.54) is 16.0 Å². The van der Waals surface area contributed by atoms with E-state index in [1.54, 1.807) is 24.3 Å². The summed E-state index contributed by atoms with van der Waals surface area (Å²) in [6, 6.07) is 26.4. The maximum atomic E-state index is 11.6. The number of aromatic amines is 1. The molecular formula is C56H63Cl2CsN10O6S. The predicted octanol–water partition coefficient (Wildman–Crippen LogP) is 5.82. The van der Waals surface area contributed by atoms with Crippen molar-refractivity contribution < 1.29 is 97.7 Å². The number of nitrogens with one attached hydrogen (secondary N) is 1. The molecule has 76 heavy (non-hydrogen) atoms. The summed E-state index contributed by atoms with van der Waals surface area (Å²) in [6.45, 7) is 17.9.